The summed E-state index contributed by atoms with van der Waals surface area (Å²) in [4.78, 5) is 13.9. The Hall–Kier alpha value is -1.06. The molecule has 0 saturated carbocycles. The maximum atomic E-state index is 12.0. The number of amides is 1. The Morgan fingerprint density at radius 3 is 2.76 bits per heavy atom. The van der Waals surface area contributed by atoms with Crippen LogP contribution in [0.15, 0.2) is 18.2 Å². The minimum absolute atomic E-state index is 0.186. The van der Waals surface area contributed by atoms with E-state index in [4.69, 9.17) is 11.6 Å². The molecule has 0 aromatic heterocycles. The van der Waals surface area contributed by atoms with Crippen molar-refractivity contribution in [2.45, 2.75) is 13.3 Å². The molecule has 0 atom stereocenters. The Balaban J connectivity index is 1.99. The highest BCUT2D eigenvalue weighted by atomic mass is 35.5. The van der Waals surface area contributed by atoms with E-state index in [1.54, 1.807) is 0 Å². The first-order valence-electron chi connectivity index (χ1n) is 5.90. The molecule has 0 bridgehead atoms. The van der Waals surface area contributed by atoms with E-state index in [0.717, 1.165) is 42.3 Å². The largest absolute Gasteiger partial charge is 0.340 e. The van der Waals surface area contributed by atoms with Gasteiger partial charge in [-0.25, -0.2) is 0 Å². The number of rotatable bonds is 2. The lowest BCUT2D eigenvalue weighted by Crippen LogP contribution is -2.46. The topological polar surface area (TPSA) is 32.3 Å². The molecule has 0 aliphatic carbocycles. The SMILES string of the molecule is Cc1ccc(CC(=O)N2CCNCC2)cc1Cl. The molecule has 92 valence electrons. The lowest BCUT2D eigenvalue weighted by Gasteiger charge is -2.27. The minimum atomic E-state index is 0.186. The van der Waals surface area contributed by atoms with E-state index >= 15 is 0 Å². The van der Waals surface area contributed by atoms with Crippen LogP contribution in [0.25, 0.3) is 0 Å². The first kappa shape index (κ1) is 12.4. The van der Waals surface area contributed by atoms with Crippen molar-refractivity contribution in [3.05, 3.63) is 34.3 Å². The van der Waals surface area contributed by atoms with Gasteiger partial charge in [-0.05, 0) is 24.1 Å². The minimum Gasteiger partial charge on any atom is -0.340 e. The summed E-state index contributed by atoms with van der Waals surface area (Å²) in [5, 5.41) is 3.97. The fraction of sp³-hybridized carbons (Fsp3) is 0.462. The van der Waals surface area contributed by atoms with Gasteiger partial charge in [-0.1, -0.05) is 23.7 Å². The third-order valence-electron chi connectivity index (χ3n) is 3.06. The summed E-state index contributed by atoms with van der Waals surface area (Å²) in [6, 6.07) is 5.82. The average Bonchev–Trinajstić information content (AvgIpc) is 2.35. The molecule has 1 fully saturated rings. The van der Waals surface area contributed by atoms with Crippen molar-refractivity contribution < 1.29 is 4.79 Å². The molecule has 1 aromatic rings. The molecule has 3 nitrogen and oxygen atoms in total. The molecule has 0 radical (unpaired) electrons. The Kier molecular flexibility index (Phi) is 4.02. The predicted octanol–water partition coefficient (Wildman–Crippen LogP) is 1.62. The van der Waals surface area contributed by atoms with Crippen LogP contribution in [-0.4, -0.2) is 37.0 Å². The predicted molar refractivity (Wildman–Crippen MR) is 69.3 cm³/mol. The molecule has 4 heteroatoms. The van der Waals surface area contributed by atoms with Crippen LogP contribution in [0.4, 0.5) is 0 Å². The van der Waals surface area contributed by atoms with Crippen LogP contribution in [0, 0.1) is 6.92 Å². The molecular formula is C13H17ClN2O. The fourth-order valence-corrected chi connectivity index (χ4v) is 2.15. The number of aryl methyl sites for hydroxylation is 1. The Bertz CT molecular complexity index is 414. The molecule has 1 aliphatic rings. The van der Waals surface area contributed by atoms with E-state index in [9.17, 15) is 4.79 Å². The molecular weight excluding hydrogens is 236 g/mol. The summed E-state index contributed by atoms with van der Waals surface area (Å²) < 4.78 is 0. The molecule has 1 aliphatic heterocycles. The maximum absolute atomic E-state index is 12.0. The van der Waals surface area contributed by atoms with Gasteiger partial charge < -0.3 is 10.2 Å². The van der Waals surface area contributed by atoms with Crippen molar-refractivity contribution in [2.24, 2.45) is 0 Å². The van der Waals surface area contributed by atoms with Gasteiger partial charge in [0.05, 0.1) is 6.42 Å². The van der Waals surface area contributed by atoms with Crippen LogP contribution >= 0.6 is 11.6 Å². The van der Waals surface area contributed by atoms with Crippen LogP contribution in [-0.2, 0) is 11.2 Å². The molecule has 0 unspecified atom stereocenters. The number of nitrogens with one attached hydrogen (secondary N) is 1. The van der Waals surface area contributed by atoms with E-state index in [0.29, 0.717) is 6.42 Å². The summed E-state index contributed by atoms with van der Waals surface area (Å²) in [6.07, 6.45) is 0.444. The van der Waals surface area contributed by atoms with Crippen molar-refractivity contribution >= 4 is 17.5 Å². The first-order valence-corrected chi connectivity index (χ1v) is 6.28. The average molecular weight is 253 g/mol. The highest BCUT2D eigenvalue weighted by molar-refractivity contribution is 6.31. The third kappa shape index (κ3) is 3.20. The number of carbonyl (C=O) groups is 1. The number of hydrogen-bond donors (Lipinski definition) is 1. The van der Waals surface area contributed by atoms with Gasteiger partial charge in [-0.15, -0.1) is 0 Å². The Morgan fingerprint density at radius 2 is 2.12 bits per heavy atom. The molecule has 1 N–H and O–H groups in total. The van der Waals surface area contributed by atoms with Crippen LogP contribution in [0.3, 0.4) is 0 Å². The van der Waals surface area contributed by atoms with Gasteiger partial charge in [-0.2, -0.15) is 0 Å². The van der Waals surface area contributed by atoms with E-state index in [1.807, 2.05) is 30.0 Å². The van der Waals surface area contributed by atoms with Crippen LogP contribution in [0.2, 0.25) is 5.02 Å². The molecule has 0 spiro atoms. The number of halogens is 1. The maximum Gasteiger partial charge on any atom is 0.227 e. The molecule has 1 saturated heterocycles. The molecule has 17 heavy (non-hydrogen) atoms. The number of benzene rings is 1. The lowest BCUT2D eigenvalue weighted by molar-refractivity contribution is -0.131. The lowest BCUT2D eigenvalue weighted by atomic mass is 10.1. The first-order chi connectivity index (χ1) is 8.16. The molecule has 2 rings (SSSR count). The zero-order valence-corrected chi connectivity index (χ0v) is 10.8. The van der Waals surface area contributed by atoms with Crippen molar-refractivity contribution in [2.75, 3.05) is 26.2 Å². The van der Waals surface area contributed by atoms with Crippen LogP contribution in [0.5, 0.6) is 0 Å². The summed E-state index contributed by atoms with van der Waals surface area (Å²) >= 11 is 6.05. The Morgan fingerprint density at radius 1 is 1.41 bits per heavy atom. The highest BCUT2D eigenvalue weighted by Gasteiger charge is 2.16. The summed E-state index contributed by atoms with van der Waals surface area (Å²) in [6.45, 7) is 5.35. The van der Waals surface area contributed by atoms with Crippen molar-refractivity contribution in [3.8, 4) is 0 Å². The second kappa shape index (κ2) is 5.52. The van der Waals surface area contributed by atoms with Gasteiger partial charge in [0, 0.05) is 31.2 Å². The van der Waals surface area contributed by atoms with E-state index in [1.165, 1.54) is 0 Å². The number of carbonyl (C=O) groups excluding carboxylic acids is 1. The second-order valence-corrected chi connectivity index (χ2v) is 4.80. The second-order valence-electron chi connectivity index (χ2n) is 4.39. The monoisotopic (exact) mass is 252 g/mol. The molecule has 1 heterocycles. The summed E-state index contributed by atoms with van der Waals surface area (Å²) in [5.74, 6) is 0.186. The molecule has 1 amide bonds. The van der Waals surface area contributed by atoms with E-state index < -0.39 is 0 Å². The number of hydrogen-bond acceptors (Lipinski definition) is 2. The van der Waals surface area contributed by atoms with Crippen LogP contribution < -0.4 is 5.32 Å². The van der Waals surface area contributed by atoms with Gasteiger partial charge in [-0.3, -0.25) is 4.79 Å². The standard InChI is InChI=1S/C13H17ClN2O/c1-10-2-3-11(8-12(10)14)9-13(17)16-6-4-15-5-7-16/h2-3,8,15H,4-7,9H2,1H3. The summed E-state index contributed by atoms with van der Waals surface area (Å²) in [5.41, 5.74) is 2.04. The molecule has 1 aromatic carbocycles. The summed E-state index contributed by atoms with van der Waals surface area (Å²) in [7, 11) is 0. The number of piperazine rings is 1. The van der Waals surface area contributed by atoms with Crippen molar-refractivity contribution in [1.82, 2.24) is 10.2 Å². The van der Waals surface area contributed by atoms with Gasteiger partial charge in [0.1, 0.15) is 0 Å². The fourth-order valence-electron chi connectivity index (χ4n) is 1.95. The zero-order chi connectivity index (χ0) is 12.3. The van der Waals surface area contributed by atoms with Gasteiger partial charge >= 0.3 is 0 Å². The van der Waals surface area contributed by atoms with Gasteiger partial charge in [0.2, 0.25) is 5.91 Å². The van der Waals surface area contributed by atoms with Crippen LogP contribution in [0.1, 0.15) is 11.1 Å². The number of nitrogens with zero attached hydrogens (tertiary/aromatic N) is 1. The van der Waals surface area contributed by atoms with Crippen molar-refractivity contribution in [3.63, 3.8) is 0 Å². The Labute approximate surface area is 107 Å². The quantitative estimate of drug-likeness (QED) is 0.868. The van der Waals surface area contributed by atoms with E-state index in [2.05, 4.69) is 5.32 Å². The van der Waals surface area contributed by atoms with Crippen molar-refractivity contribution in [1.29, 1.82) is 0 Å². The normalized spacial score (nSPS) is 16.0. The zero-order valence-electron chi connectivity index (χ0n) is 10.0. The van der Waals surface area contributed by atoms with Gasteiger partial charge in [0.25, 0.3) is 0 Å². The third-order valence-corrected chi connectivity index (χ3v) is 3.47. The smallest absolute Gasteiger partial charge is 0.227 e. The van der Waals surface area contributed by atoms with Gasteiger partial charge in [0.15, 0.2) is 0 Å². The highest BCUT2D eigenvalue weighted by Crippen LogP contribution is 2.17. The van der Waals surface area contributed by atoms with E-state index in [-0.39, 0.29) is 5.91 Å².